The molecule has 2 unspecified atom stereocenters. The third kappa shape index (κ3) is 3.19. The second-order valence-electron chi connectivity index (χ2n) is 5.24. The number of alkyl halides is 11. The van der Waals surface area contributed by atoms with Crippen LogP contribution in [0.3, 0.4) is 0 Å². The molecule has 0 aromatic rings. The first-order valence-electron chi connectivity index (χ1n) is 6.29. The molecule has 1 fully saturated rings. The summed E-state index contributed by atoms with van der Waals surface area (Å²) in [4.78, 5) is 16.9. The van der Waals surface area contributed by atoms with Crippen molar-refractivity contribution < 1.29 is 78.0 Å². The Hall–Kier alpha value is -1.46. The molecule has 0 aromatic heterocycles. The predicted octanol–water partition coefficient (Wildman–Crippen LogP) is 3.52. The van der Waals surface area contributed by atoms with Gasteiger partial charge in [-0.05, 0) is 17.0 Å². The molecule has 1 N–H and O–H groups in total. The lowest BCUT2D eigenvalue weighted by Crippen LogP contribution is -2.72. The van der Waals surface area contributed by atoms with Gasteiger partial charge in [0.1, 0.15) is 0 Å². The van der Waals surface area contributed by atoms with Gasteiger partial charge in [-0.1, -0.05) is 0 Å². The highest BCUT2D eigenvalue weighted by Crippen LogP contribution is 2.60. The van der Waals surface area contributed by atoms with Crippen LogP contribution in [-0.2, 0) is 24.6 Å². The summed E-state index contributed by atoms with van der Waals surface area (Å²) in [5, 5.41) is 14.3. The number of carboxylic acid groups (broad SMARTS) is 1. The Kier molecular flexibility index (Phi) is 5.73. The molecule has 0 aliphatic carbocycles. The molecule has 1 saturated heterocycles. The molecule has 0 aromatic carbocycles. The van der Waals surface area contributed by atoms with E-state index in [1.165, 1.54) is 0 Å². The molecule has 1 aliphatic heterocycles. The molecule has 1 rings (SSSR count). The van der Waals surface area contributed by atoms with Crippen molar-refractivity contribution >= 4 is 5.97 Å². The highest BCUT2D eigenvalue weighted by Gasteiger charge is 2.91. The average molecular weight is 432 g/mol. The van der Waals surface area contributed by atoms with E-state index in [9.17, 15) is 53.1 Å². The Morgan fingerprint density at radius 1 is 0.926 bits per heavy atom. The Bertz CT molecular complexity index is 582. The molecule has 27 heavy (non-hydrogen) atoms. The van der Waals surface area contributed by atoms with Gasteiger partial charge < -0.3 is 5.11 Å². The minimum Gasteiger partial charge on any atom is -0.477 e. The molecular formula is C10H7F11O6. The molecule has 0 radical (unpaired) electrons. The van der Waals surface area contributed by atoms with E-state index >= 15 is 0 Å². The maximum atomic E-state index is 14.1. The zero-order valence-electron chi connectivity index (χ0n) is 12.4. The van der Waals surface area contributed by atoms with Gasteiger partial charge in [-0.25, -0.2) is 14.1 Å². The van der Waals surface area contributed by atoms with Gasteiger partial charge in [0.15, 0.2) is 0 Å². The van der Waals surface area contributed by atoms with Gasteiger partial charge in [0, 0.05) is 6.42 Å². The molecule has 17 heteroatoms. The molecule has 0 bridgehead atoms. The molecule has 0 saturated carbocycles. The van der Waals surface area contributed by atoms with Crippen molar-refractivity contribution in [1.82, 2.24) is 0 Å². The Morgan fingerprint density at radius 2 is 1.41 bits per heavy atom. The Labute approximate surface area is 140 Å². The highest BCUT2D eigenvalue weighted by molar-refractivity contribution is 5.77. The van der Waals surface area contributed by atoms with Crippen LogP contribution in [-0.4, -0.2) is 52.6 Å². The van der Waals surface area contributed by atoms with Crippen LogP contribution in [0.25, 0.3) is 0 Å². The summed E-state index contributed by atoms with van der Waals surface area (Å²) in [7, 11) is 0. The van der Waals surface area contributed by atoms with Crippen LogP contribution in [0.15, 0.2) is 0 Å². The van der Waals surface area contributed by atoms with E-state index in [2.05, 4.69) is 19.9 Å². The minimum absolute atomic E-state index is 0.631. The van der Waals surface area contributed by atoms with Crippen molar-refractivity contribution in [2.75, 3.05) is 0 Å². The fourth-order valence-electron chi connectivity index (χ4n) is 1.73. The SMILES string of the molecule is CC1CC(F)(C(F)(F)C(F)(F)C(F)(F)C(F)(F)C(F)(F)C(=O)O)OOOO1. The summed E-state index contributed by atoms with van der Waals surface area (Å²) >= 11 is 0. The largest absolute Gasteiger partial charge is 0.477 e. The zero-order chi connectivity index (χ0) is 21.7. The topological polar surface area (TPSA) is 74.2 Å². The third-order valence-corrected chi connectivity index (χ3v) is 3.26. The quantitative estimate of drug-likeness (QED) is 0.512. The lowest BCUT2D eigenvalue weighted by atomic mass is 9.89. The van der Waals surface area contributed by atoms with Crippen LogP contribution in [0.4, 0.5) is 48.3 Å². The van der Waals surface area contributed by atoms with Gasteiger partial charge in [-0.3, -0.25) is 0 Å². The van der Waals surface area contributed by atoms with Gasteiger partial charge in [-0.2, -0.15) is 48.8 Å². The van der Waals surface area contributed by atoms with Gasteiger partial charge in [0.2, 0.25) is 0 Å². The maximum Gasteiger partial charge on any atom is 0.410 e. The second kappa shape index (κ2) is 6.56. The average Bonchev–Trinajstić information content (AvgIpc) is 2.67. The number of aliphatic carboxylic acids is 1. The fraction of sp³-hybridized carbons (Fsp3) is 0.900. The normalized spacial score (nSPS) is 26.6. The fourth-order valence-corrected chi connectivity index (χ4v) is 1.73. The van der Waals surface area contributed by atoms with E-state index in [0.29, 0.717) is 6.92 Å². The van der Waals surface area contributed by atoms with Crippen molar-refractivity contribution in [3.8, 4) is 0 Å². The second-order valence-corrected chi connectivity index (χ2v) is 5.24. The summed E-state index contributed by atoms with van der Waals surface area (Å²) in [6.07, 6.45) is -4.07. The molecule has 2 atom stereocenters. The number of carboxylic acids is 1. The number of halogens is 11. The van der Waals surface area contributed by atoms with Gasteiger partial charge in [0.05, 0.1) is 6.10 Å². The van der Waals surface area contributed by atoms with Gasteiger partial charge in [0.25, 0.3) is 0 Å². The summed E-state index contributed by atoms with van der Waals surface area (Å²) in [5.41, 5.74) is 0. The smallest absolute Gasteiger partial charge is 0.410 e. The lowest BCUT2D eigenvalue weighted by molar-refractivity contribution is -0.658. The van der Waals surface area contributed by atoms with Crippen LogP contribution in [0, 0.1) is 0 Å². The number of hydrogen-bond donors (Lipinski definition) is 1. The Morgan fingerprint density at radius 3 is 1.85 bits per heavy atom. The lowest BCUT2D eigenvalue weighted by Gasteiger charge is -2.41. The zero-order valence-corrected chi connectivity index (χ0v) is 12.4. The van der Waals surface area contributed by atoms with E-state index in [1.54, 1.807) is 0 Å². The van der Waals surface area contributed by atoms with E-state index in [-0.39, 0.29) is 0 Å². The van der Waals surface area contributed by atoms with Crippen molar-refractivity contribution in [3.05, 3.63) is 0 Å². The van der Waals surface area contributed by atoms with E-state index in [4.69, 9.17) is 5.11 Å². The summed E-state index contributed by atoms with van der Waals surface area (Å²) in [6.45, 7) is 0.631. The van der Waals surface area contributed by atoms with Crippen molar-refractivity contribution in [2.24, 2.45) is 0 Å². The van der Waals surface area contributed by atoms with Gasteiger partial charge >= 0.3 is 41.4 Å². The van der Waals surface area contributed by atoms with Crippen LogP contribution in [0.1, 0.15) is 13.3 Å². The molecule has 1 aliphatic rings. The van der Waals surface area contributed by atoms with E-state index in [0.717, 1.165) is 0 Å². The molecule has 6 nitrogen and oxygen atoms in total. The molecule has 0 spiro atoms. The monoisotopic (exact) mass is 432 g/mol. The molecular weight excluding hydrogens is 425 g/mol. The molecule has 1 heterocycles. The minimum atomic E-state index is -7.80. The summed E-state index contributed by atoms with van der Waals surface area (Å²) in [6, 6.07) is 0. The van der Waals surface area contributed by atoms with E-state index < -0.39 is 54.0 Å². The first-order chi connectivity index (χ1) is 11.8. The maximum absolute atomic E-state index is 14.1. The number of rotatable bonds is 6. The summed E-state index contributed by atoms with van der Waals surface area (Å²) < 4.78 is 148. The van der Waals surface area contributed by atoms with Crippen molar-refractivity contribution in [1.29, 1.82) is 0 Å². The Balaban J connectivity index is 3.50. The summed E-state index contributed by atoms with van der Waals surface area (Å²) in [5.74, 6) is -46.4. The number of carbonyl (C=O) groups is 1. The van der Waals surface area contributed by atoms with Crippen LogP contribution in [0.2, 0.25) is 0 Å². The molecule has 0 amide bonds. The van der Waals surface area contributed by atoms with Crippen molar-refractivity contribution in [2.45, 2.75) is 54.9 Å². The van der Waals surface area contributed by atoms with Crippen LogP contribution in [0.5, 0.6) is 0 Å². The standard InChI is InChI=1S/C10H7F11O6/c1-3-2-5(11,25-27-26-24-3)7(14,15)9(18,19)10(20,21)8(16,17)6(12,13)4(22)23/h3H,2H2,1H3,(H,22,23). The van der Waals surface area contributed by atoms with Gasteiger partial charge in [-0.15, -0.1) is 0 Å². The highest BCUT2D eigenvalue weighted by atomic mass is 19.4. The van der Waals surface area contributed by atoms with Crippen LogP contribution < -0.4 is 0 Å². The predicted molar refractivity (Wildman–Crippen MR) is 54.6 cm³/mol. The number of hydrogen-bond acceptors (Lipinski definition) is 5. The first kappa shape index (κ1) is 23.6. The van der Waals surface area contributed by atoms with Crippen molar-refractivity contribution in [3.63, 3.8) is 0 Å². The first-order valence-corrected chi connectivity index (χ1v) is 6.29. The third-order valence-electron chi connectivity index (χ3n) is 3.26. The van der Waals surface area contributed by atoms with Crippen LogP contribution >= 0.6 is 0 Å². The molecule has 160 valence electrons. The van der Waals surface area contributed by atoms with E-state index in [1.807, 2.05) is 0 Å².